The van der Waals surface area contributed by atoms with Gasteiger partial charge in [0.15, 0.2) is 0 Å². The summed E-state index contributed by atoms with van der Waals surface area (Å²) in [4.78, 5) is 2.36. The van der Waals surface area contributed by atoms with Crippen LogP contribution in [0.5, 0.6) is 5.75 Å². The zero-order valence-corrected chi connectivity index (χ0v) is 13.9. The molecule has 2 heterocycles. The molecular weight excluding hydrogens is 304 g/mol. The lowest BCUT2D eigenvalue weighted by molar-refractivity contribution is -0.0400. The van der Waals surface area contributed by atoms with Gasteiger partial charge in [-0.1, -0.05) is 0 Å². The minimum atomic E-state index is 0.160. The maximum Gasteiger partial charge on any atom is 0.119 e. The van der Waals surface area contributed by atoms with Gasteiger partial charge < -0.3 is 9.47 Å². The first kappa shape index (κ1) is 16.5. The lowest BCUT2D eigenvalue weighted by Gasteiger charge is -2.32. The van der Waals surface area contributed by atoms with Crippen molar-refractivity contribution < 1.29 is 9.47 Å². The molecule has 24 heavy (non-hydrogen) atoms. The van der Waals surface area contributed by atoms with Crippen molar-refractivity contribution in [2.24, 2.45) is 0 Å². The lowest BCUT2D eigenvalue weighted by Crippen LogP contribution is -2.45. The highest BCUT2D eigenvalue weighted by molar-refractivity contribution is 5.34. The summed E-state index contributed by atoms with van der Waals surface area (Å²) >= 11 is 0. The highest BCUT2D eigenvalue weighted by atomic mass is 16.5. The van der Waals surface area contributed by atoms with Gasteiger partial charge in [0, 0.05) is 25.8 Å². The maximum absolute atomic E-state index is 8.79. The molecule has 0 bridgehead atoms. The van der Waals surface area contributed by atoms with E-state index < -0.39 is 0 Å². The fourth-order valence-electron chi connectivity index (χ4n) is 2.79. The molecule has 0 N–H and O–H groups in total. The Kier molecular flexibility index (Phi) is 5.47. The number of hydrogen-bond acceptors (Lipinski definition) is 5. The number of ether oxygens (including phenoxy) is 2. The molecule has 0 amide bonds. The largest absolute Gasteiger partial charge is 0.492 e. The number of rotatable bonds is 6. The van der Waals surface area contributed by atoms with Gasteiger partial charge in [0.2, 0.25) is 0 Å². The van der Waals surface area contributed by atoms with Crippen molar-refractivity contribution in [1.29, 1.82) is 5.26 Å². The summed E-state index contributed by atoms with van der Waals surface area (Å²) in [5, 5.41) is 13.1. The highest BCUT2D eigenvalue weighted by Crippen LogP contribution is 2.12. The standard InChI is InChI=1S/C18H22N4O2/c1-15-11-20-22(12-15)14-18-13-21(7-9-24-18)6-8-23-17-4-2-16(10-19)3-5-17/h2-5,11-12,18H,6-9,13-14H2,1H3/t18-/m0/s1. The van der Waals surface area contributed by atoms with Crippen LogP contribution >= 0.6 is 0 Å². The van der Waals surface area contributed by atoms with E-state index in [-0.39, 0.29) is 6.10 Å². The number of hydrogen-bond donors (Lipinski definition) is 0. The number of benzene rings is 1. The number of aryl methyl sites for hydroxylation is 1. The van der Waals surface area contributed by atoms with Crippen LogP contribution in [-0.4, -0.2) is 53.6 Å². The SMILES string of the molecule is Cc1cnn(C[C@@H]2CN(CCOc3ccc(C#N)cc3)CCO2)c1. The van der Waals surface area contributed by atoms with Gasteiger partial charge in [-0.25, -0.2) is 0 Å². The maximum atomic E-state index is 8.79. The van der Waals surface area contributed by atoms with Gasteiger partial charge in [-0.3, -0.25) is 9.58 Å². The third kappa shape index (κ3) is 4.57. The molecule has 0 aliphatic carbocycles. The first-order chi connectivity index (χ1) is 11.7. The van der Waals surface area contributed by atoms with Crippen molar-refractivity contribution >= 4 is 0 Å². The van der Waals surface area contributed by atoms with Gasteiger partial charge >= 0.3 is 0 Å². The molecule has 3 rings (SSSR count). The molecule has 2 aromatic rings. The second-order valence-corrected chi connectivity index (χ2v) is 6.02. The van der Waals surface area contributed by atoms with Crippen LogP contribution in [0.3, 0.4) is 0 Å². The van der Waals surface area contributed by atoms with E-state index in [1.165, 1.54) is 5.56 Å². The second-order valence-electron chi connectivity index (χ2n) is 6.02. The Bertz CT molecular complexity index is 690. The zero-order valence-electron chi connectivity index (χ0n) is 13.9. The Labute approximate surface area is 142 Å². The third-order valence-corrected chi connectivity index (χ3v) is 4.04. The van der Waals surface area contributed by atoms with E-state index in [4.69, 9.17) is 14.7 Å². The number of aromatic nitrogens is 2. The van der Waals surface area contributed by atoms with Gasteiger partial charge in [0.05, 0.1) is 37.1 Å². The molecule has 1 fully saturated rings. The quantitative estimate of drug-likeness (QED) is 0.810. The summed E-state index contributed by atoms with van der Waals surface area (Å²) in [7, 11) is 0. The van der Waals surface area contributed by atoms with Crippen LogP contribution in [0.15, 0.2) is 36.7 Å². The number of nitrogens with zero attached hydrogens (tertiary/aromatic N) is 4. The summed E-state index contributed by atoms with van der Waals surface area (Å²) in [5.41, 5.74) is 1.81. The van der Waals surface area contributed by atoms with Gasteiger partial charge in [-0.15, -0.1) is 0 Å². The van der Waals surface area contributed by atoms with Gasteiger partial charge in [0.25, 0.3) is 0 Å². The van der Waals surface area contributed by atoms with Crippen molar-refractivity contribution in [3.63, 3.8) is 0 Å². The predicted molar refractivity (Wildman–Crippen MR) is 89.8 cm³/mol. The number of morpholine rings is 1. The molecule has 6 nitrogen and oxygen atoms in total. The van der Waals surface area contributed by atoms with Crippen LogP contribution < -0.4 is 4.74 Å². The zero-order chi connectivity index (χ0) is 16.8. The smallest absolute Gasteiger partial charge is 0.119 e. The Morgan fingerprint density at radius 2 is 2.21 bits per heavy atom. The summed E-state index contributed by atoms with van der Waals surface area (Å²) < 4.78 is 13.5. The van der Waals surface area contributed by atoms with Crippen molar-refractivity contribution in [3.8, 4) is 11.8 Å². The van der Waals surface area contributed by atoms with Crippen LogP contribution in [0.1, 0.15) is 11.1 Å². The minimum Gasteiger partial charge on any atom is -0.492 e. The summed E-state index contributed by atoms with van der Waals surface area (Å²) in [5.74, 6) is 0.797. The van der Waals surface area contributed by atoms with Crippen LogP contribution in [-0.2, 0) is 11.3 Å². The molecular formula is C18H22N4O2. The summed E-state index contributed by atoms with van der Waals surface area (Å²) in [6.07, 6.45) is 4.07. The predicted octanol–water partition coefficient (Wildman–Crippen LogP) is 1.84. The Hall–Kier alpha value is -2.36. The molecule has 1 atom stereocenters. The van der Waals surface area contributed by atoms with E-state index in [0.717, 1.165) is 38.5 Å². The Morgan fingerprint density at radius 3 is 2.92 bits per heavy atom. The summed E-state index contributed by atoms with van der Waals surface area (Å²) in [6, 6.07) is 9.31. The molecule has 1 aliphatic rings. The topological polar surface area (TPSA) is 63.3 Å². The molecule has 126 valence electrons. The molecule has 0 saturated carbocycles. The van der Waals surface area contributed by atoms with Gasteiger partial charge in [-0.05, 0) is 36.8 Å². The molecule has 0 unspecified atom stereocenters. The highest BCUT2D eigenvalue weighted by Gasteiger charge is 2.20. The van der Waals surface area contributed by atoms with Crippen LogP contribution in [0.2, 0.25) is 0 Å². The van der Waals surface area contributed by atoms with Gasteiger partial charge in [-0.2, -0.15) is 10.4 Å². The van der Waals surface area contributed by atoms with Crippen molar-refractivity contribution in [2.45, 2.75) is 19.6 Å². The molecule has 1 aliphatic heterocycles. The van der Waals surface area contributed by atoms with Crippen molar-refractivity contribution in [1.82, 2.24) is 14.7 Å². The van der Waals surface area contributed by atoms with Crippen LogP contribution in [0, 0.1) is 18.3 Å². The second kappa shape index (κ2) is 7.95. The monoisotopic (exact) mass is 326 g/mol. The van der Waals surface area contributed by atoms with E-state index in [9.17, 15) is 0 Å². The fraction of sp³-hybridized carbons (Fsp3) is 0.444. The lowest BCUT2D eigenvalue weighted by atomic mass is 10.2. The first-order valence-electron chi connectivity index (χ1n) is 8.19. The molecule has 0 spiro atoms. The fourth-order valence-corrected chi connectivity index (χ4v) is 2.79. The Morgan fingerprint density at radius 1 is 1.38 bits per heavy atom. The normalized spacial score (nSPS) is 18.2. The van der Waals surface area contributed by atoms with E-state index in [0.29, 0.717) is 12.2 Å². The average Bonchev–Trinajstić information content (AvgIpc) is 3.01. The third-order valence-electron chi connectivity index (χ3n) is 4.04. The van der Waals surface area contributed by atoms with Crippen LogP contribution in [0.4, 0.5) is 0 Å². The van der Waals surface area contributed by atoms with Crippen LogP contribution in [0.25, 0.3) is 0 Å². The molecule has 1 aromatic carbocycles. The molecule has 6 heteroatoms. The minimum absolute atomic E-state index is 0.160. The average molecular weight is 326 g/mol. The van der Waals surface area contributed by atoms with E-state index in [1.807, 2.05) is 36.1 Å². The molecule has 1 aromatic heterocycles. The first-order valence-corrected chi connectivity index (χ1v) is 8.19. The number of nitriles is 1. The van der Waals surface area contributed by atoms with Gasteiger partial charge in [0.1, 0.15) is 12.4 Å². The van der Waals surface area contributed by atoms with Crippen molar-refractivity contribution in [3.05, 3.63) is 47.8 Å². The van der Waals surface area contributed by atoms with E-state index in [1.54, 1.807) is 12.1 Å². The Balaban J connectivity index is 1.42. The van der Waals surface area contributed by atoms with E-state index >= 15 is 0 Å². The molecule has 1 saturated heterocycles. The van der Waals surface area contributed by atoms with Crippen molar-refractivity contribution in [2.75, 3.05) is 32.8 Å². The summed E-state index contributed by atoms with van der Waals surface area (Å²) in [6.45, 7) is 6.85. The molecule has 0 radical (unpaired) electrons. The van der Waals surface area contributed by atoms with E-state index in [2.05, 4.69) is 16.1 Å².